The normalized spacial score (nSPS) is 19.2. The predicted octanol–water partition coefficient (Wildman–Crippen LogP) is 5.29. The van der Waals surface area contributed by atoms with Gasteiger partial charge in [0.25, 0.3) is 11.5 Å². The van der Waals surface area contributed by atoms with Gasteiger partial charge in [0.15, 0.2) is 0 Å². The number of aromatic nitrogens is 4. The third-order valence-corrected chi connectivity index (χ3v) is 8.78. The number of likely N-dealkylation sites (tertiary alicyclic amines) is 1. The molecule has 1 saturated heterocycles. The van der Waals surface area contributed by atoms with Gasteiger partial charge < -0.3 is 15.0 Å². The van der Waals surface area contributed by atoms with Crippen LogP contribution in [0.2, 0.25) is 0 Å². The van der Waals surface area contributed by atoms with Gasteiger partial charge in [0, 0.05) is 26.2 Å². The summed E-state index contributed by atoms with van der Waals surface area (Å²) in [4.78, 5) is 42.5. The fraction of sp³-hybridized carbons (Fsp3) is 0.382. The summed E-state index contributed by atoms with van der Waals surface area (Å²) in [5.74, 6) is -0.395. The van der Waals surface area contributed by atoms with Crippen LogP contribution < -0.4 is 10.9 Å². The van der Waals surface area contributed by atoms with Gasteiger partial charge in [-0.3, -0.25) is 14.3 Å². The van der Waals surface area contributed by atoms with Crippen molar-refractivity contribution in [3.05, 3.63) is 87.8 Å². The predicted molar refractivity (Wildman–Crippen MR) is 169 cm³/mol. The Kier molecular flexibility index (Phi) is 8.18. The van der Waals surface area contributed by atoms with E-state index < -0.39 is 28.8 Å². The van der Waals surface area contributed by atoms with E-state index in [-0.39, 0.29) is 40.9 Å². The lowest BCUT2D eigenvalue weighted by Crippen LogP contribution is -2.39. The molecule has 0 radical (unpaired) electrons. The molecule has 0 unspecified atom stereocenters. The number of nitrogens with one attached hydrogen (secondary N) is 1. The number of alkyl halides is 3. The lowest BCUT2D eigenvalue weighted by molar-refractivity contribution is -0.137. The van der Waals surface area contributed by atoms with E-state index in [2.05, 4.69) is 16.5 Å². The van der Waals surface area contributed by atoms with Gasteiger partial charge in [-0.15, -0.1) is 0 Å². The van der Waals surface area contributed by atoms with Crippen molar-refractivity contribution in [1.82, 2.24) is 29.4 Å². The van der Waals surface area contributed by atoms with E-state index in [0.29, 0.717) is 42.9 Å². The Morgan fingerprint density at radius 2 is 1.67 bits per heavy atom. The first-order valence-corrected chi connectivity index (χ1v) is 15.5. The molecule has 48 heavy (non-hydrogen) atoms. The molecule has 250 valence electrons. The smallest absolute Gasteiger partial charge is 0.416 e. The van der Waals surface area contributed by atoms with E-state index in [1.165, 1.54) is 34.7 Å². The number of hydrogen-bond acceptors (Lipinski definition) is 6. The molecule has 2 amide bonds. The molecule has 2 aliphatic rings. The summed E-state index contributed by atoms with van der Waals surface area (Å²) in [7, 11) is 1.50. The van der Waals surface area contributed by atoms with Crippen LogP contribution in [0.15, 0.2) is 65.6 Å². The molecule has 0 bridgehead atoms. The molecule has 1 aliphatic carbocycles. The van der Waals surface area contributed by atoms with Crippen LogP contribution in [0.25, 0.3) is 22.8 Å². The Morgan fingerprint density at radius 3 is 2.27 bits per heavy atom. The molecule has 2 aromatic heterocycles. The second-order valence-electron chi connectivity index (χ2n) is 13.2. The minimum atomic E-state index is -4.65. The van der Waals surface area contributed by atoms with E-state index in [1.54, 1.807) is 35.2 Å². The molecule has 2 fully saturated rings. The van der Waals surface area contributed by atoms with Crippen LogP contribution in [0.5, 0.6) is 0 Å². The second kappa shape index (κ2) is 12.0. The summed E-state index contributed by atoms with van der Waals surface area (Å²) in [6.45, 7) is 6.42. The summed E-state index contributed by atoms with van der Waals surface area (Å²) in [5.41, 5.74) is -1.24. The first-order chi connectivity index (χ1) is 22.6. The van der Waals surface area contributed by atoms with E-state index in [1.807, 2.05) is 20.8 Å². The van der Waals surface area contributed by atoms with Crippen LogP contribution >= 0.6 is 0 Å². The maximum absolute atomic E-state index is 14.1. The molecular weight excluding hydrogens is 627 g/mol. The molecular formula is C34H34F3N7O4. The number of ether oxygens (including phenoxy) is 1. The van der Waals surface area contributed by atoms with Crippen molar-refractivity contribution in [1.29, 1.82) is 5.26 Å². The SMILES string of the molecule is Cn1c(-c2ccnn2-c2ccc(C#N)cc2)c(C(=O)N[C@H]2C[C@@H]3CN(C(=O)OC(C)(C)C)C[C@@H]3C2)c(=O)n1-c1cccc(C(F)(F)F)c1. The highest BCUT2D eigenvalue weighted by atomic mass is 19.4. The van der Waals surface area contributed by atoms with Crippen LogP contribution in [-0.2, 0) is 18.0 Å². The largest absolute Gasteiger partial charge is 0.444 e. The number of carbonyl (C=O) groups excluding carboxylic acids is 2. The van der Waals surface area contributed by atoms with Crippen LogP contribution in [0, 0.1) is 23.2 Å². The van der Waals surface area contributed by atoms with Gasteiger partial charge in [-0.2, -0.15) is 23.5 Å². The summed E-state index contributed by atoms with van der Waals surface area (Å²) < 4.78 is 50.4. The number of fused-ring (bicyclic) bond motifs is 1. The van der Waals surface area contributed by atoms with Crippen molar-refractivity contribution in [3.8, 4) is 28.8 Å². The zero-order valence-corrected chi connectivity index (χ0v) is 26.8. The monoisotopic (exact) mass is 661 g/mol. The molecule has 2 aromatic carbocycles. The Balaban J connectivity index is 1.35. The lowest BCUT2D eigenvalue weighted by atomic mass is 10.0. The molecule has 1 saturated carbocycles. The summed E-state index contributed by atoms with van der Waals surface area (Å²) >= 11 is 0. The van der Waals surface area contributed by atoms with E-state index in [4.69, 9.17) is 4.74 Å². The van der Waals surface area contributed by atoms with Crippen molar-refractivity contribution in [3.63, 3.8) is 0 Å². The van der Waals surface area contributed by atoms with Crippen LogP contribution in [0.1, 0.15) is 55.1 Å². The van der Waals surface area contributed by atoms with Gasteiger partial charge in [-0.1, -0.05) is 6.07 Å². The van der Waals surface area contributed by atoms with Crippen molar-refractivity contribution in [2.45, 2.75) is 51.4 Å². The van der Waals surface area contributed by atoms with Crippen molar-refractivity contribution < 1.29 is 27.5 Å². The Labute approximate surface area is 274 Å². The zero-order chi connectivity index (χ0) is 34.5. The van der Waals surface area contributed by atoms with E-state index >= 15 is 0 Å². The highest BCUT2D eigenvalue weighted by molar-refractivity contribution is 6.00. The fourth-order valence-electron chi connectivity index (χ4n) is 6.72. The molecule has 3 atom stereocenters. The first-order valence-electron chi connectivity index (χ1n) is 15.5. The highest BCUT2D eigenvalue weighted by Gasteiger charge is 2.44. The average molecular weight is 662 g/mol. The molecule has 0 spiro atoms. The van der Waals surface area contributed by atoms with Gasteiger partial charge in [-0.05, 0) is 94.0 Å². The second-order valence-corrected chi connectivity index (χ2v) is 13.2. The standard InChI is InChI=1S/C34H34F3N7O4/c1-33(2,3)48-32(47)42-18-21-14-24(15-22(21)19-42)40-30(45)28-29(27-12-13-39-43(27)25-10-8-20(17-38)9-11-25)41(4)44(31(28)46)26-7-5-6-23(16-26)34(35,36)37/h5-13,16,21-22,24H,14-15,18-19H2,1-4H3,(H,40,45)/t21-,22+,24+. The number of halogens is 3. The van der Waals surface area contributed by atoms with E-state index in [0.717, 1.165) is 16.8 Å². The molecule has 3 heterocycles. The van der Waals surface area contributed by atoms with Gasteiger partial charge in [-0.25, -0.2) is 14.2 Å². The van der Waals surface area contributed by atoms with Gasteiger partial charge in [0.05, 0.1) is 40.5 Å². The molecule has 11 nitrogen and oxygen atoms in total. The maximum atomic E-state index is 14.1. The lowest BCUT2D eigenvalue weighted by Gasteiger charge is -2.25. The third-order valence-electron chi connectivity index (χ3n) is 8.78. The summed E-state index contributed by atoms with van der Waals surface area (Å²) in [5, 5.41) is 16.6. The Morgan fingerprint density at radius 1 is 1.00 bits per heavy atom. The molecule has 1 N–H and O–H groups in total. The molecule has 4 aromatic rings. The maximum Gasteiger partial charge on any atom is 0.416 e. The number of amides is 2. The van der Waals surface area contributed by atoms with E-state index in [9.17, 15) is 32.8 Å². The van der Waals surface area contributed by atoms with Crippen LogP contribution in [0.3, 0.4) is 0 Å². The van der Waals surface area contributed by atoms with Gasteiger partial charge in [0.1, 0.15) is 16.9 Å². The highest BCUT2D eigenvalue weighted by Crippen LogP contribution is 2.39. The first kappa shape index (κ1) is 32.6. The molecule has 6 rings (SSSR count). The van der Waals surface area contributed by atoms with Crippen molar-refractivity contribution >= 4 is 12.0 Å². The summed E-state index contributed by atoms with van der Waals surface area (Å²) in [6.07, 6.45) is -2.37. The Hall–Kier alpha value is -5.32. The quantitative estimate of drug-likeness (QED) is 0.310. The average Bonchev–Trinajstić information content (AvgIpc) is 3.78. The topological polar surface area (TPSA) is 127 Å². The minimum Gasteiger partial charge on any atom is -0.444 e. The molecule has 14 heteroatoms. The minimum absolute atomic E-state index is 0.0697. The molecule has 1 aliphatic heterocycles. The number of nitrogens with zero attached hydrogens (tertiary/aromatic N) is 6. The van der Waals surface area contributed by atoms with Gasteiger partial charge >= 0.3 is 12.3 Å². The fourth-order valence-corrected chi connectivity index (χ4v) is 6.72. The Bertz CT molecular complexity index is 1970. The van der Waals surface area contributed by atoms with Crippen LogP contribution in [-0.4, -0.2) is 60.8 Å². The number of hydrogen-bond donors (Lipinski definition) is 1. The third kappa shape index (κ3) is 6.20. The van der Waals surface area contributed by atoms with Crippen molar-refractivity contribution in [2.24, 2.45) is 18.9 Å². The number of benzene rings is 2. The zero-order valence-electron chi connectivity index (χ0n) is 26.8. The number of rotatable bonds is 5. The van der Waals surface area contributed by atoms with Gasteiger partial charge in [0.2, 0.25) is 0 Å². The number of carbonyl (C=O) groups is 2. The summed E-state index contributed by atoms with van der Waals surface area (Å²) in [6, 6.07) is 14.2. The van der Waals surface area contributed by atoms with Crippen LogP contribution in [0.4, 0.5) is 18.0 Å². The number of nitriles is 1. The van der Waals surface area contributed by atoms with Crippen molar-refractivity contribution in [2.75, 3.05) is 13.1 Å².